The van der Waals surface area contributed by atoms with E-state index in [4.69, 9.17) is 4.74 Å². The number of nitrogens with zero attached hydrogens (tertiary/aromatic N) is 1. The van der Waals surface area contributed by atoms with E-state index >= 15 is 0 Å². The molecular weight excluding hydrogens is 150 g/mol. The summed E-state index contributed by atoms with van der Waals surface area (Å²) < 4.78 is 5.41. The van der Waals surface area contributed by atoms with Crippen molar-refractivity contribution in [2.24, 2.45) is 0 Å². The Balaban J connectivity index is 2.40. The summed E-state index contributed by atoms with van der Waals surface area (Å²) in [5.74, 6) is 0. The molecule has 0 aliphatic carbocycles. The highest BCUT2D eigenvalue weighted by Gasteiger charge is 2.20. The molecule has 0 aromatic rings. The Morgan fingerprint density at radius 1 is 1.00 bits per heavy atom. The van der Waals surface area contributed by atoms with E-state index in [1.165, 1.54) is 25.9 Å². The maximum atomic E-state index is 5.41. The van der Waals surface area contributed by atoms with E-state index in [1.807, 2.05) is 0 Å². The first kappa shape index (κ1) is 10.0. The van der Waals surface area contributed by atoms with Gasteiger partial charge >= 0.3 is 0 Å². The van der Waals surface area contributed by atoms with Crippen LogP contribution in [0, 0.1) is 0 Å². The first-order chi connectivity index (χ1) is 5.61. The molecule has 2 heteroatoms. The number of rotatable bonds is 0. The van der Waals surface area contributed by atoms with Crippen LogP contribution in [0.15, 0.2) is 0 Å². The highest BCUT2D eigenvalue weighted by atomic mass is 16.5. The third kappa shape index (κ3) is 3.11. The lowest BCUT2D eigenvalue weighted by Crippen LogP contribution is -2.43. The number of hydrogen-bond acceptors (Lipinski definition) is 2. The summed E-state index contributed by atoms with van der Waals surface area (Å²) in [4.78, 5) is 2.55. The molecule has 1 aliphatic rings. The van der Waals surface area contributed by atoms with Gasteiger partial charge in [0.15, 0.2) is 0 Å². The van der Waals surface area contributed by atoms with Crippen LogP contribution in [0.5, 0.6) is 0 Å². The zero-order chi connectivity index (χ0) is 9.03. The highest BCUT2D eigenvalue weighted by Crippen LogP contribution is 2.15. The van der Waals surface area contributed by atoms with Crippen LogP contribution in [0.25, 0.3) is 0 Å². The summed E-state index contributed by atoms with van der Waals surface area (Å²) in [5, 5.41) is 0. The van der Waals surface area contributed by atoms with Crippen LogP contribution in [-0.4, -0.2) is 36.7 Å². The SMILES string of the molecule is CC(C)(C)N1CCCOCCC1. The molecule has 1 aliphatic heterocycles. The molecule has 12 heavy (non-hydrogen) atoms. The molecule has 2 nitrogen and oxygen atoms in total. The third-order valence-electron chi connectivity index (χ3n) is 2.38. The minimum Gasteiger partial charge on any atom is -0.381 e. The molecular formula is C10H21NO. The average Bonchev–Trinajstić information content (AvgIpc) is 1.81. The largest absolute Gasteiger partial charge is 0.381 e. The van der Waals surface area contributed by atoms with E-state index in [-0.39, 0.29) is 0 Å². The Hall–Kier alpha value is -0.0800. The molecule has 0 spiro atoms. The number of hydrogen-bond donors (Lipinski definition) is 0. The minimum absolute atomic E-state index is 0.331. The molecule has 0 atom stereocenters. The van der Waals surface area contributed by atoms with E-state index < -0.39 is 0 Å². The van der Waals surface area contributed by atoms with Crippen molar-refractivity contribution in [1.29, 1.82) is 0 Å². The Morgan fingerprint density at radius 2 is 1.50 bits per heavy atom. The summed E-state index contributed by atoms with van der Waals surface area (Å²) >= 11 is 0. The van der Waals surface area contributed by atoms with Gasteiger partial charge in [-0.25, -0.2) is 0 Å². The first-order valence-corrected chi connectivity index (χ1v) is 4.93. The normalized spacial score (nSPS) is 23.2. The molecule has 72 valence electrons. The molecule has 0 saturated carbocycles. The van der Waals surface area contributed by atoms with Crippen LogP contribution >= 0.6 is 0 Å². The van der Waals surface area contributed by atoms with Crippen molar-refractivity contribution in [3.8, 4) is 0 Å². The maximum Gasteiger partial charge on any atom is 0.0478 e. The molecule has 1 heterocycles. The smallest absolute Gasteiger partial charge is 0.0478 e. The van der Waals surface area contributed by atoms with Crippen molar-refractivity contribution in [3.05, 3.63) is 0 Å². The maximum absolute atomic E-state index is 5.41. The van der Waals surface area contributed by atoms with E-state index in [0.29, 0.717) is 5.54 Å². The summed E-state index contributed by atoms with van der Waals surface area (Å²) in [5.41, 5.74) is 0.331. The Labute approximate surface area is 75.9 Å². The number of ether oxygens (including phenoxy) is 1. The lowest BCUT2D eigenvalue weighted by Gasteiger charge is -2.36. The van der Waals surface area contributed by atoms with Crippen LogP contribution in [-0.2, 0) is 4.74 Å². The van der Waals surface area contributed by atoms with Crippen molar-refractivity contribution in [1.82, 2.24) is 4.90 Å². The summed E-state index contributed by atoms with van der Waals surface area (Å²) in [6, 6.07) is 0. The Morgan fingerprint density at radius 3 is 1.92 bits per heavy atom. The summed E-state index contributed by atoms with van der Waals surface area (Å²) in [6.07, 6.45) is 2.36. The predicted molar refractivity (Wildman–Crippen MR) is 51.4 cm³/mol. The van der Waals surface area contributed by atoms with Gasteiger partial charge in [-0.2, -0.15) is 0 Å². The van der Waals surface area contributed by atoms with Crippen LogP contribution in [0.1, 0.15) is 33.6 Å². The van der Waals surface area contributed by atoms with Gasteiger partial charge in [-0.1, -0.05) is 0 Å². The topological polar surface area (TPSA) is 12.5 Å². The van der Waals surface area contributed by atoms with Gasteiger partial charge in [-0.05, 0) is 33.6 Å². The molecule has 0 aromatic carbocycles. The van der Waals surface area contributed by atoms with Gasteiger partial charge in [-0.3, -0.25) is 4.90 Å². The Kier molecular flexibility index (Phi) is 3.53. The second-order valence-electron chi connectivity index (χ2n) is 4.48. The fraction of sp³-hybridized carbons (Fsp3) is 1.00. The fourth-order valence-electron chi connectivity index (χ4n) is 1.60. The van der Waals surface area contributed by atoms with Crippen molar-refractivity contribution in [2.45, 2.75) is 39.2 Å². The fourth-order valence-corrected chi connectivity index (χ4v) is 1.60. The second kappa shape index (κ2) is 4.24. The molecule has 1 fully saturated rings. The first-order valence-electron chi connectivity index (χ1n) is 4.93. The summed E-state index contributed by atoms with van der Waals surface area (Å²) in [6.45, 7) is 11.1. The standard InChI is InChI=1S/C10H21NO/c1-10(2,3)11-6-4-8-12-9-5-7-11/h4-9H2,1-3H3. The van der Waals surface area contributed by atoms with Crippen LogP contribution in [0.2, 0.25) is 0 Å². The van der Waals surface area contributed by atoms with Crippen molar-refractivity contribution in [2.75, 3.05) is 26.3 Å². The lowest BCUT2D eigenvalue weighted by atomic mass is 10.1. The van der Waals surface area contributed by atoms with E-state index in [2.05, 4.69) is 25.7 Å². The average molecular weight is 171 g/mol. The molecule has 0 amide bonds. The molecule has 1 saturated heterocycles. The highest BCUT2D eigenvalue weighted by molar-refractivity contribution is 4.76. The molecule has 0 aromatic heterocycles. The van der Waals surface area contributed by atoms with Crippen LogP contribution in [0.3, 0.4) is 0 Å². The summed E-state index contributed by atoms with van der Waals surface area (Å²) in [7, 11) is 0. The van der Waals surface area contributed by atoms with Crippen molar-refractivity contribution < 1.29 is 4.74 Å². The van der Waals surface area contributed by atoms with Gasteiger partial charge in [0.25, 0.3) is 0 Å². The molecule has 0 unspecified atom stereocenters. The molecule has 1 rings (SSSR count). The van der Waals surface area contributed by atoms with Crippen molar-refractivity contribution >= 4 is 0 Å². The van der Waals surface area contributed by atoms with Gasteiger partial charge in [0, 0.05) is 31.8 Å². The van der Waals surface area contributed by atoms with Gasteiger partial charge in [0.05, 0.1) is 0 Å². The molecule has 0 radical (unpaired) electrons. The molecule has 0 N–H and O–H groups in total. The van der Waals surface area contributed by atoms with Crippen molar-refractivity contribution in [3.63, 3.8) is 0 Å². The Bertz CT molecular complexity index is 120. The quantitative estimate of drug-likeness (QED) is 0.552. The predicted octanol–water partition coefficient (Wildman–Crippen LogP) is 1.90. The van der Waals surface area contributed by atoms with Gasteiger partial charge in [0.1, 0.15) is 0 Å². The van der Waals surface area contributed by atoms with E-state index in [1.54, 1.807) is 0 Å². The van der Waals surface area contributed by atoms with Gasteiger partial charge in [-0.15, -0.1) is 0 Å². The van der Waals surface area contributed by atoms with E-state index in [0.717, 1.165) is 13.2 Å². The third-order valence-corrected chi connectivity index (χ3v) is 2.38. The zero-order valence-electron chi connectivity index (χ0n) is 8.60. The van der Waals surface area contributed by atoms with Gasteiger partial charge in [0.2, 0.25) is 0 Å². The molecule has 0 bridgehead atoms. The minimum atomic E-state index is 0.331. The van der Waals surface area contributed by atoms with E-state index in [9.17, 15) is 0 Å². The second-order valence-corrected chi connectivity index (χ2v) is 4.48. The van der Waals surface area contributed by atoms with Gasteiger partial charge < -0.3 is 4.74 Å². The zero-order valence-corrected chi connectivity index (χ0v) is 8.60. The van der Waals surface area contributed by atoms with Crippen LogP contribution < -0.4 is 0 Å². The monoisotopic (exact) mass is 171 g/mol. The van der Waals surface area contributed by atoms with Crippen LogP contribution in [0.4, 0.5) is 0 Å². The lowest BCUT2D eigenvalue weighted by molar-refractivity contribution is 0.0541.